The number of aromatic amines is 2. The van der Waals surface area contributed by atoms with E-state index in [9.17, 15) is 14.4 Å². The van der Waals surface area contributed by atoms with Gasteiger partial charge < -0.3 is 10.6 Å². The first kappa shape index (κ1) is 15.1. The molecule has 0 atom stereocenters. The molecule has 4 N–H and O–H groups in total. The van der Waals surface area contributed by atoms with Gasteiger partial charge in [0.25, 0.3) is 17.0 Å². The Morgan fingerprint density at radius 2 is 1.88 bits per heavy atom. The fourth-order valence-corrected chi connectivity index (χ4v) is 2.58. The summed E-state index contributed by atoms with van der Waals surface area (Å²) in [6.45, 7) is 0. The second-order valence-corrected chi connectivity index (χ2v) is 5.94. The van der Waals surface area contributed by atoms with Crippen molar-refractivity contribution in [3.8, 4) is 0 Å². The molecule has 0 saturated heterocycles. The highest BCUT2D eigenvalue weighted by atomic mass is 16.2. The van der Waals surface area contributed by atoms with E-state index < -0.39 is 17.0 Å². The Morgan fingerprint density at radius 3 is 2.60 bits per heavy atom. The van der Waals surface area contributed by atoms with Crippen LogP contribution in [0.25, 0.3) is 10.8 Å². The number of pyridine rings is 1. The van der Waals surface area contributed by atoms with Crippen LogP contribution in [0, 0.1) is 0 Å². The molecule has 1 saturated carbocycles. The van der Waals surface area contributed by atoms with Gasteiger partial charge in [-0.05, 0) is 37.1 Å². The molecule has 8 nitrogen and oxygen atoms in total. The number of fused-ring (bicyclic) bond motifs is 1. The lowest BCUT2D eigenvalue weighted by molar-refractivity contribution is 0.102. The molecule has 0 radical (unpaired) electrons. The van der Waals surface area contributed by atoms with E-state index >= 15 is 0 Å². The first-order valence-corrected chi connectivity index (χ1v) is 7.89. The van der Waals surface area contributed by atoms with Crippen LogP contribution in [0.2, 0.25) is 0 Å². The number of amides is 1. The quantitative estimate of drug-likeness (QED) is 0.574. The molecule has 1 aliphatic rings. The zero-order chi connectivity index (χ0) is 17.4. The molecule has 0 bridgehead atoms. The summed E-state index contributed by atoms with van der Waals surface area (Å²) in [6.07, 6.45) is 3.75. The van der Waals surface area contributed by atoms with Crippen molar-refractivity contribution in [2.75, 3.05) is 10.6 Å². The van der Waals surface area contributed by atoms with Gasteiger partial charge in [0, 0.05) is 12.2 Å². The highest BCUT2D eigenvalue weighted by Crippen LogP contribution is 2.23. The van der Waals surface area contributed by atoms with E-state index in [0.29, 0.717) is 11.6 Å². The predicted molar refractivity (Wildman–Crippen MR) is 94.0 cm³/mol. The van der Waals surface area contributed by atoms with Crippen molar-refractivity contribution < 1.29 is 4.79 Å². The monoisotopic (exact) mass is 337 g/mol. The number of hydrogen-bond acceptors (Lipinski definition) is 5. The van der Waals surface area contributed by atoms with Crippen LogP contribution < -0.4 is 21.8 Å². The lowest BCUT2D eigenvalue weighted by Crippen LogP contribution is -2.21. The van der Waals surface area contributed by atoms with Gasteiger partial charge in [0.1, 0.15) is 5.82 Å². The number of aromatic nitrogens is 3. The van der Waals surface area contributed by atoms with E-state index in [1.807, 2.05) is 0 Å². The molecule has 2 aromatic heterocycles. The number of H-pyrrole nitrogens is 2. The standard InChI is InChI=1S/C17H15N5O3/c23-15(9-4-7-13(18-8-9)19-10-5-6-10)20-12-3-1-2-11-14(12)17(25)22-21-16(11)24/h1-4,7-8,10H,5-6H2,(H,18,19)(H,20,23)(H,21,24)(H,22,25). The maximum atomic E-state index is 12.4. The molecule has 2 heterocycles. The summed E-state index contributed by atoms with van der Waals surface area (Å²) < 4.78 is 0. The molecule has 0 aliphatic heterocycles. The molecule has 1 aliphatic carbocycles. The number of benzene rings is 1. The minimum atomic E-state index is -0.479. The highest BCUT2D eigenvalue weighted by Gasteiger charge is 2.21. The zero-order valence-corrected chi connectivity index (χ0v) is 13.1. The minimum Gasteiger partial charge on any atom is -0.367 e. The smallest absolute Gasteiger partial charge is 0.272 e. The van der Waals surface area contributed by atoms with Crippen LogP contribution in [0.3, 0.4) is 0 Å². The average Bonchev–Trinajstić information content (AvgIpc) is 3.43. The number of carbonyl (C=O) groups is 1. The maximum absolute atomic E-state index is 12.4. The zero-order valence-electron chi connectivity index (χ0n) is 13.1. The van der Waals surface area contributed by atoms with Crippen molar-refractivity contribution in [3.63, 3.8) is 0 Å². The molecule has 1 fully saturated rings. The largest absolute Gasteiger partial charge is 0.367 e. The van der Waals surface area contributed by atoms with Crippen LogP contribution >= 0.6 is 0 Å². The van der Waals surface area contributed by atoms with Gasteiger partial charge >= 0.3 is 0 Å². The third-order valence-electron chi connectivity index (χ3n) is 4.03. The van der Waals surface area contributed by atoms with E-state index in [1.165, 1.54) is 12.3 Å². The van der Waals surface area contributed by atoms with Gasteiger partial charge in [0.2, 0.25) is 0 Å². The predicted octanol–water partition coefficient (Wildman–Crippen LogP) is 1.44. The third kappa shape index (κ3) is 3.01. The first-order valence-electron chi connectivity index (χ1n) is 7.89. The number of nitrogens with zero attached hydrogens (tertiary/aromatic N) is 1. The van der Waals surface area contributed by atoms with Crippen LogP contribution in [0.4, 0.5) is 11.5 Å². The van der Waals surface area contributed by atoms with E-state index in [1.54, 1.807) is 24.3 Å². The summed E-state index contributed by atoms with van der Waals surface area (Å²) >= 11 is 0. The Labute approximate surface area is 141 Å². The molecule has 1 amide bonds. The normalized spacial score (nSPS) is 13.6. The van der Waals surface area contributed by atoms with Gasteiger partial charge in [-0.1, -0.05) is 6.07 Å². The Kier molecular flexibility index (Phi) is 3.57. The maximum Gasteiger partial charge on any atom is 0.272 e. The molecule has 0 unspecified atom stereocenters. The number of nitrogens with one attached hydrogen (secondary N) is 4. The summed E-state index contributed by atoms with van der Waals surface area (Å²) in [5, 5.41) is 10.8. The van der Waals surface area contributed by atoms with Crippen molar-refractivity contribution in [2.24, 2.45) is 0 Å². The fourth-order valence-electron chi connectivity index (χ4n) is 2.58. The summed E-state index contributed by atoms with van der Waals surface area (Å²) in [5.74, 6) is 0.324. The molecule has 1 aromatic carbocycles. The van der Waals surface area contributed by atoms with E-state index in [2.05, 4.69) is 25.8 Å². The summed E-state index contributed by atoms with van der Waals surface area (Å²) in [6, 6.07) is 8.59. The van der Waals surface area contributed by atoms with Crippen molar-refractivity contribution in [3.05, 3.63) is 62.8 Å². The van der Waals surface area contributed by atoms with Crippen molar-refractivity contribution in [1.82, 2.24) is 15.2 Å². The van der Waals surface area contributed by atoms with Crippen LogP contribution in [0.1, 0.15) is 23.2 Å². The molecule has 126 valence electrons. The fraction of sp³-hybridized carbons (Fsp3) is 0.176. The number of hydrogen-bond donors (Lipinski definition) is 4. The molecule has 3 aromatic rings. The second-order valence-electron chi connectivity index (χ2n) is 5.94. The topological polar surface area (TPSA) is 120 Å². The second kappa shape index (κ2) is 5.90. The minimum absolute atomic E-state index is 0.138. The summed E-state index contributed by atoms with van der Waals surface area (Å²) in [4.78, 5) is 40.5. The molecule has 0 spiro atoms. The van der Waals surface area contributed by atoms with E-state index in [0.717, 1.165) is 18.7 Å². The Morgan fingerprint density at radius 1 is 1.08 bits per heavy atom. The molecular formula is C17H15N5O3. The van der Waals surface area contributed by atoms with Gasteiger partial charge in [-0.25, -0.2) is 4.98 Å². The van der Waals surface area contributed by atoms with Gasteiger partial charge in [0.15, 0.2) is 0 Å². The van der Waals surface area contributed by atoms with E-state index in [-0.39, 0.29) is 16.5 Å². The SMILES string of the molecule is O=C(Nc1cccc2c(=O)[nH][nH]c(=O)c12)c1ccc(NC2CC2)nc1. The van der Waals surface area contributed by atoms with Gasteiger partial charge in [0.05, 0.1) is 22.0 Å². The molecular weight excluding hydrogens is 322 g/mol. The Hall–Kier alpha value is -3.42. The van der Waals surface area contributed by atoms with Crippen molar-refractivity contribution >= 4 is 28.2 Å². The third-order valence-corrected chi connectivity index (χ3v) is 4.03. The lowest BCUT2D eigenvalue weighted by atomic mass is 10.1. The number of anilines is 2. The molecule has 8 heteroatoms. The van der Waals surface area contributed by atoms with Crippen molar-refractivity contribution in [2.45, 2.75) is 18.9 Å². The Bertz CT molecular complexity index is 1060. The van der Waals surface area contributed by atoms with Gasteiger partial charge in [-0.3, -0.25) is 24.6 Å². The first-order chi connectivity index (χ1) is 12.1. The number of carbonyl (C=O) groups excluding carboxylic acids is 1. The van der Waals surface area contributed by atoms with Gasteiger partial charge in [-0.2, -0.15) is 0 Å². The molecule has 25 heavy (non-hydrogen) atoms. The summed E-state index contributed by atoms with van der Waals surface area (Å²) in [5.41, 5.74) is -0.273. The number of rotatable bonds is 4. The van der Waals surface area contributed by atoms with Crippen LogP contribution in [0.15, 0.2) is 46.1 Å². The lowest BCUT2D eigenvalue weighted by Gasteiger charge is -2.08. The van der Waals surface area contributed by atoms with Crippen LogP contribution in [-0.2, 0) is 0 Å². The van der Waals surface area contributed by atoms with Crippen LogP contribution in [-0.4, -0.2) is 27.1 Å². The highest BCUT2D eigenvalue weighted by molar-refractivity contribution is 6.08. The Balaban J connectivity index is 1.62. The summed E-state index contributed by atoms with van der Waals surface area (Å²) in [7, 11) is 0. The van der Waals surface area contributed by atoms with E-state index in [4.69, 9.17) is 0 Å². The van der Waals surface area contributed by atoms with Crippen molar-refractivity contribution in [1.29, 1.82) is 0 Å². The van der Waals surface area contributed by atoms with Gasteiger partial charge in [-0.15, -0.1) is 0 Å². The molecule has 4 rings (SSSR count). The average molecular weight is 337 g/mol. The van der Waals surface area contributed by atoms with Crippen LogP contribution in [0.5, 0.6) is 0 Å².